The van der Waals surface area contributed by atoms with Crippen LogP contribution >= 0.6 is 0 Å². The number of esters is 1. The predicted octanol–water partition coefficient (Wildman–Crippen LogP) is 2.73. The lowest BCUT2D eigenvalue weighted by Crippen LogP contribution is -2.47. The standard InChI is InChI=1S/C20H22F3N5O3/c21-20(22,23)15-10-14(26-18-24-11-25-28(15)18)12-3-7-27(8-4-12)17(30)13-9-16(29)31-19(13)5-1-2-6-19/h10-13H,1-9H2/t13-/m0/s1. The normalized spacial score (nSPS) is 24.3. The van der Waals surface area contributed by atoms with E-state index >= 15 is 0 Å². The van der Waals surface area contributed by atoms with Gasteiger partial charge in [0.1, 0.15) is 11.9 Å². The molecule has 3 fully saturated rings. The van der Waals surface area contributed by atoms with E-state index in [1.165, 1.54) is 0 Å². The van der Waals surface area contributed by atoms with Crippen LogP contribution in [-0.4, -0.2) is 55.0 Å². The highest BCUT2D eigenvalue weighted by Gasteiger charge is 2.55. The van der Waals surface area contributed by atoms with Crippen LogP contribution in [0.1, 0.15) is 62.3 Å². The molecule has 0 unspecified atom stereocenters. The maximum Gasteiger partial charge on any atom is 0.433 e. The Hall–Kier alpha value is -2.72. The van der Waals surface area contributed by atoms with Crippen LogP contribution in [0.25, 0.3) is 5.78 Å². The van der Waals surface area contributed by atoms with Crippen LogP contribution in [-0.2, 0) is 20.5 Å². The Kier molecular flexibility index (Phi) is 4.67. The fourth-order valence-electron chi connectivity index (χ4n) is 5.29. The molecule has 1 saturated carbocycles. The lowest BCUT2D eigenvalue weighted by Gasteiger charge is -2.36. The van der Waals surface area contributed by atoms with Crippen LogP contribution < -0.4 is 0 Å². The van der Waals surface area contributed by atoms with E-state index in [1.54, 1.807) is 4.90 Å². The summed E-state index contributed by atoms with van der Waals surface area (Å²) < 4.78 is 46.6. The van der Waals surface area contributed by atoms with Crippen LogP contribution in [0.5, 0.6) is 0 Å². The number of likely N-dealkylation sites (tertiary alicyclic amines) is 1. The second kappa shape index (κ2) is 7.16. The van der Waals surface area contributed by atoms with Gasteiger partial charge in [-0.2, -0.15) is 27.8 Å². The summed E-state index contributed by atoms with van der Waals surface area (Å²) in [6.45, 7) is 0.816. The van der Waals surface area contributed by atoms with Gasteiger partial charge in [-0.05, 0) is 44.6 Å². The van der Waals surface area contributed by atoms with E-state index in [0.717, 1.165) is 25.2 Å². The van der Waals surface area contributed by atoms with Crippen LogP contribution in [0.3, 0.4) is 0 Å². The summed E-state index contributed by atoms with van der Waals surface area (Å²) in [5.74, 6) is -1.16. The van der Waals surface area contributed by atoms with Crippen molar-refractivity contribution < 1.29 is 27.5 Å². The Balaban J connectivity index is 1.32. The number of hydrogen-bond acceptors (Lipinski definition) is 6. The molecule has 4 heterocycles. The summed E-state index contributed by atoms with van der Waals surface area (Å²) in [5.41, 5.74) is -1.26. The molecule has 1 aliphatic carbocycles. The average Bonchev–Trinajstić information content (AvgIpc) is 3.46. The van der Waals surface area contributed by atoms with Crippen molar-refractivity contribution in [2.24, 2.45) is 5.92 Å². The van der Waals surface area contributed by atoms with Crippen LogP contribution in [0.2, 0.25) is 0 Å². The molecule has 0 N–H and O–H groups in total. The second-order valence-corrected chi connectivity index (χ2v) is 8.64. The summed E-state index contributed by atoms with van der Waals surface area (Å²) in [5, 5.41) is 3.62. The van der Waals surface area contributed by atoms with Crippen molar-refractivity contribution in [2.75, 3.05) is 13.1 Å². The molecule has 0 radical (unpaired) electrons. The number of fused-ring (bicyclic) bond motifs is 1. The van der Waals surface area contributed by atoms with Crippen molar-refractivity contribution in [3.8, 4) is 0 Å². The molecule has 1 amide bonds. The first-order valence-corrected chi connectivity index (χ1v) is 10.6. The average molecular weight is 437 g/mol. The third kappa shape index (κ3) is 3.43. The van der Waals surface area contributed by atoms with Crippen LogP contribution in [0.4, 0.5) is 13.2 Å². The van der Waals surface area contributed by atoms with Crippen molar-refractivity contribution in [2.45, 2.75) is 62.6 Å². The molecule has 5 rings (SSSR count). The molecule has 166 valence electrons. The van der Waals surface area contributed by atoms with E-state index < -0.39 is 23.4 Å². The fourth-order valence-corrected chi connectivity index (χ4v) is 5.29. The van der Waals surface area contributed by atoms with E-state index in [0.29, 0.717) is 49.0 Å². The quantitative estimate of drug-likeness (QED) is 0.672. The van der Waals surface area contributed by atoms with Gasteiger partial charge in [0.15, 0.2) is 5.69 Å². The van der Waals surface area contributed by atoms with Crippen LogP contribution in [0.15, 0.2) is 12.4 Å². The minimum atomic E-state index is -4.58. The number of halogens is 3. The second-order valence-electron chi connectivity index (χ2n) is 8.64. The highest BCUT2D eigenvalue weighted by Crippen LogP contribution is 2.46. The first kappa shape index (κ1) is 20.2. The van der Waals surface area contributed by atoms with Crippen molar-refractivity contribution in [3.05, 3.63) is 23.8 Å². The van der Waals surface area contributed by atoms with Gasteiger partial charge < -0.3 is 9.64 Å². The topological polar surface area (TPSA) is 89.7 Å². The van der Waals surface area contributed by atoms with Gasteiger partial charge in [-0.25, -0.2) is 4.98 Å². The van der Waals surface area contributed by atoms with Gasteiger partial charge in [-0.15, -0.1) is 0 Å². The van der Waals surface area contributed by atoms with Crippen molar-refractivity contribution in [3.63, 3.8) is 0 Å². The predicted molar refractivity (Wildman–Crippen MR) is 99.7 cm³/mol. The number of hydrogen-bond donors (Lipinski definition) is 0. The summed E-state index contributed by atoms with van der Waals surface area (Å²) >= 11 is 0. The zero-order valence-electron chi connectivity index (χ0n) is 16.8. The fraction of sp³-hybridized carbons (Fsp3) is 0.650. The molecular weight excluding hydrogens is 415 g/mol. The third-order valence-corrected chi connectivity index (χ3v) is 6.86. The highest BCUT2D eigenvalue weighted by atomic mass is 19.4. The zero-order chi connectivity index (χ0) is 21.8. The number of carbonyl (C=O) groups is 2. The molecule has 0 bridgehead atoms. The lowest BCUT2D eigenvalue weighted by molar-refractivity contribution is -0.152. The summed E-state index contributed by atoms with van der Waals surface area (Å²) in [7, 11) is 0. The van der Waals surface area contributed by atoms with Crippen molar-refractivity contribution in [1.82, 2.24) is 24.5 Å². The van der Waals surface area contributed by atoms with E-state index in [1.807, 2.05) is 0 Å². The highest BCUT2D eigenvalue weighted by molar-refractivity contribution is 5.88. The number of ether oxygens (including phenoxy) is 1. The number of carbonyl (C=O) groups excluding carboxylic acids is 2. The molecule has 11 heteroatoms. The monoisotopic (exact) mass is 437 g/mol. The molecule has 3 aliphatic rings. The van der Waals surface area contributed by atoms with E-state index in [-0.39, 0.29) is 30.0 Å². The van der Waals surface area contributed by atoms with Crippen molar-refractivity contribution in [1.29, 1.82) is 0 Å². The summed E-state index contributed by atoms with van der Waals surface area (Å²) in [6, 6.07) is 1.03. The van der Waals surface area contributed by atoms with E-state index in [4.69, 9.17) is 4.74 Å². The molecule has 0 aromatic carbocycles. The molecule has 31 heavy (non-hydrogen) atoms. The van der Waals surface area contributed by atoms with Gasteiger partial charge in [0, 0.05) is 24.7 Å². The molecule has 2 aromatic heterocycles. The summed E-state index contributed by atoms with van der Waals surface area (Å²) in [4.78, 5) is 34.9. The molecule has 2 saturated heterocycles. The minimum Gasteiger partial charge on any atom is -0.458 e. The maximum atomic E-state index is 13.5. The van der Waals surface area contributed by atoms with Gasteiger partial charge in [0.25, 0.3) is 5.78 Å². The third-order valence-electron chi connectivity index (χ3n) is 6.86. The van der Waals surface area contributed by atoms with Gasteiger partial charge in [-0.1, -0.05) is 0 Å². The van der Waals surface area contributed by atoms with Crippen LogP contribution in [0, 0.1) is 5.92 Å². The van der Waals surface area contributed by atoms with Gasteiger partial charge >= 0.3 is 12.1 Å². The number of amides is 1. The van der Waals surface area contributed by atoms with Crippen molar-refractivity contribution >= 4 is 17.7 Å². The first-order valence-electron chi connectivity index (χ1n) is 10.6. The molecule has 2 aliphatic heterocycles. The number of alkyl halides is 3. The molecule has 2 aromatic rings. The number of aromatic nitrogens is 4. The largest absolute Gasteiger partial charge is 0.458 e. The Morgan fingerprint density at radius 3 is 2.58 bits per heavy atom. The van der Waals surface area contributed by atoms with E-state index in [9.17, 15) is 22.8 Å². The van der Waals surface area contributed by atoms with Gasteiger partial charge in [0.2, 0.25) is 5.91 Å². The summed E-state index contributed by atoms with van der Waals surface area (Å²) in [6.07, 6.45) is 0.886. The molecular formula is C20H22F3N5O3. The Morgan fingerprint density at radius 1 is 1.19 bits per heavy atom. The number of nitrogens with zero attached hydrogens (tertiary/aromatic N) is 5. The first-order chi connectivity index (χ1) is 14.8. The Bertz CT molecular complexity index is 1020. The smallest absolute Gasteiger partial charge is 0.433 e. The number of rotatable bonds is 2. The minimum absolute atomic E-state index is 0.0805. The van der Waals surface area contributed by atoms with Gasteiger partial charge in [-0.3, -0.25) is 9.59 Å². The molecule has 8 nitrogen and oxygen atoms in total. The zero-order valence-corrected chi connectivity index (χ0v) is 16.8. The maximum absolute atomic E-state index is 13.5. The SMILES string of the molecule is O=C1C[C@@H](C(=O)N2CCC(c3cc(C(F)(F)F)n4ncnc4n3)CC2)C2(CCCC2)O1. The Labute approximate surface area is 175 Å². The Morgan fingerprint density at radius 2 is 1.90 bits per heavy atom. The molecule has 1 spiro atoms. The molecule has 1 atom stereocenters. The van der Waals surface area contributed by atoms with E-state index in [2.05, 4.69) is 15.1 Å². The number of piperidine rings is 1. The lowest BCUT2D eigenvalue weighted by atomic mass is 9.83. The van der Waals surface area contributed by atoms with Gasteiger partial charge in [0.05, 0.1) is 12.3 Å².